The molecule has 5 heteroatoms. The number of aromatic nitrogens is 2. The predicted molar refractivity (Wildman–Crippen MR) is 79.8 cm³/mol. The molecule has 3 rings (SSSR count). The first-order chi connectivity index (χ1) is 9.90. The largest absolute Gasteiger partial charge is 0.470 e. The van der Waals surface area contributed by atoms with Gasteiger partial charge in [0, 0.05) is 36.8 Å². The van der Waals surface area contributed by atoms with Gasteiger partial charge in [0.25, 0.3) is 5.19 Å². The minimum Gasteiger partial charge on any atom is -0.470 e. The summed E-state index contributed by atoms with van der Waals surface area (Å²) in [6.07, 6.45) is 6.12. The Morgan fingerprint density at radius 2 is 2.30 bits per heavy atom. The summed E-state index contributed by atoms with van der Waals surface area (Å²) in [5.41, 5.74) is 1.15. The maximum Gasteiger partial charge on any atom is 0.273 e. The SMILES string of the molecule is c1ccc(CN2CCCC(COc3nccs3)C2)nc1. The molecule has 0 saturated carbocycles. The highest BCUT2D eigenvalue weighted by Gasteiger charge is 2.21. The second-order valence-corrected chi connectivity index (χ2v) is 6.03. The van der Waals surface area contributed by atoms with E-state index < -0.39 is 0 Å². The number of rotatable bonds is 5. The number of piperidine rings is 1. The number of hydrogen-bond donors (Lipinski definition) is 0. The lowest BCUT2D eigenvalue weighted by molar-refractivity contribution is 0.124. The molecule has 2 aromatic heterocycles. The number of hydrogen-bond acceptors (Lipinski definition) is 5. The number of nitrogens with zero attached hydrogens (tertiary/aromatic N) is 3. The summed E-state index contributed by atoms with van der Waals surface area (Å²) in [6, 6.07) is 6.11. The molecule has 1 saturated heterocycles. The molecule has 0 amide bonds. The maximum atomic E-state index is 5.75. The van der Waals surface area contributed by atoms with E-state index in [0.29, 0.717) is 5.92 Å². The maximum absolute atomic E-state index is 5.75. The third-order valence-electron chi connectivity index (χ3n) is 3.57. The fraction of sp³-hybridized carbons (Fsp3) is 0.467. The number of likely N-dealkylation sites (tertiary alicyclic amines) is 1. The van der Waals surface area contributed by atoms with Gasteiger partial charge in [-0.2, -0.15) is 0 Å². The van der Waals surface area contributed by atoms with E-state index in [1.807, 2.05) is 17.6 Å². The van der Waals surface area contributed by atoms with Crippen LogP contribution in [0.4, 0.5) is 0 Å². The standard InChI is InChI=1S/C15H19N3OS/c1-2-6-16-14(5-1)11-18-8-3-4-13(10-18)12-19-15-17-7-9-20-15/h1-2,5-7,9,13H,3-4,8,10-12H2. The first kappa shape index (κ1) is 13.5. The normalized spacial score (nSPS) is 19.9. The smallest absolute Gasteiger partial charge is 0.273 e. The summed E-state index contributed by atoms with van der Waals surface area (Å²) in [5.74, 6) is 0.594. The fourth-order valence-electron chi connectivity index (χ4n) is 2.62. The van der Waals surface area contributed by atoms with E-state index in [1.165, 1.54) is 12.8 Å². The number of pyridine rings is 1. The Balaban J connectivity index is 1.49. The highest BCUT2D eigenvalue weighted by molar-refractivity contribution is 7.11. The van der Waals surface area contributed by atoms with Crippen LogP contribution in [0, 0.1) is 5.92 Å². The Bertz CT molecular complexity index is 503. The van der Waals surface area contributed by atoms with Gasteiger partial charge in [0.2, 0.25) is 0 Å². The van der Waals surface area contributed by atoms with Gasteiger partial charge in [-0.05, 0) is 31.5 Å². The Hall–Kier alpha value is -1.46. The molecule has 0 radical (unpaired) electrons. The van der Waals surface area contributed by atoms with Crippen molar-refractivity contribution in [3.8, 4) is 5.19 Å². The van der Waals surface area contributed by atoms with E-state index in [0.717, 1.165) is 37.1 Å². The lowest BCUT2D eigenvalue weighted by Gasteiger charge is -2.32. The number of thiazole rings is 1. The molecule has 3 heterocycles. The minimum atomic E-state index is 0.594. The summed E-state index contributed by atoms with van der Waals surface area (Å²) < 4.78 is 5.75. The van der Waals surface area contributed by atoms with Gasteiger partial charge in [-0.3, -0.25) is 9.88 Å². The number of ether oxygens (including phenoxy) is 1. The molecular formula is C15H19N3OS. The van der Waals surface area contributed by atoms with Crippen molar-refractivity contribution < 1.29 is 4.74 Å². The monoisotopic (exact) mass is 289 g/mol. The first-order valence-electron chi connectivity index (χ1n) is 7.05. The fourth-order valence-corrected chi connectivity index (χ4v) is 3.12. The Kier molecular flexibility index (Phi) is 4.61. The summed E-state index contributed by atoms with van der Waals surface area (Å²) in [4.78, 5) is 11.0. The molecule has 0 N–H and O–H groups in total. The summed E-state index contributed by atoms with van der Waals surface area (Å²) in [7, 11) is 0. The zero-order valence-electron chi connectivity index (χ0n) is 11.4. The van der Waals surface area contributed by atoms with Gasteiger partial charge in [0.05, 0.1) is 12.3 Å². The summed E-state index contributed by atoms with van der Waals surface area (Å²) >= 11 is 1.56. The van der Waals surface area contributed by atoms with Crippen molar-refractivity contribution >= 4 is 11.3 Å². The lowest BCUT2D eigenvalue weighted by Crippen LogP contribution is -2.37. The van der Waals surface area contributed by atoms with Crippen LogP contribution < -0.4 is 4.74 Å². The van der Waals surface area contributed by atoms with Crippen molar-refractivity contribution in [2.45, 2.75) is 19.4 Å². The van der Waals surface area contributed by atoms with Crippen LogP contribution in [0.3, 0.4) is 0 Å². The van der Waals surface area contributed by atoms with Crippen molar-refractivity contribution in [1.29, 1.82) is 0 Å². The molecule has 1 aliphatic rings. The second-order valence-electron chi connectivity index (χ2n) is 5.17. The molecule has 20 heavy (non-hydrogen) atoms. The molecule has 1 fully saturated rings. The molecule has 106 valence electrons. The van der Waals surface area contributed by atoms with Crippen molar-refractivity contribution in [2.24, 2.45) is 5.92 Å². The Labute approximate surface area is 123 Å². The Morgan fingerprint density at radius 1 is 1.30 bits per heavy atom. The van der Waals surface area contributed by atoms with Crippen LogP contribution in [-0.4, -0.2) is 34.6 Å². The molecule has 1 unspecified atom stereocenters. The van der Waals surface area contributed by atoms with Crippen LogP contribution in [0.1, 0.15) is 18.5 Å². The molecule has 2 aromatic rings. The van der Waals surface area contributed by atoms with Crippen LogP contribution >= 0.6 is 11.3 Å². The average molecular weight is 289 g/mol. The van der Waals surface area contributed by atoms with E-state index in [2.05, 4.69) is 27.0 Å². The van der Waals surface area contributed by atoms with E-state index in [4.69, 9.17) is 4.74 Å². The third-order valence-corrected chi connectivity index (χ3v) is 4.25. The molecule has 1 aliphatic heterocycles. The highest BCUT2D eigenvalue weighted by atomic mass is 32.1. The van der Waals surface area contributed by atoms with E-state index in [-0.39, 0.29) is 0 Å². The summed E-state index contributed by atoms with van der Waals surface area (Å²) in [5, 5.41) is 2.73. The van der Waals surface area contributed by atoms with Crippen LogP contribution in [0.15, 0.2) is 36.0 Å². The van der Waals surface area contributed by atoms with Crippen LogP contribution in [-0.2, 0) is 6.54 Å². The van der Waals surface area contributed by atoms with Gasteiger partial charge < -0.3 is 4.74 Å². The zero-order chi connectivity index (χ0) is 13.6. The first-order valence-corrected chi connectivity index (χ1v) is 7.92. The predicted octanol–water partition coefficient (Wildman–Crippen LogP) is 2.83. The highest BCUT2D eigenvalue weighted by Crippen LogP contribution is 2.20. The molecule has 0 aromatic carbocycles. The van der Waals surface area contributed by atoms with Gasteiger partial charge in [0.1, 0.15) is 0 Å². The van der Waals surface area contributed by atoms with Gasteiger partial charge in [-0.15, -0.1) is 0 Å². The molecule has 4 nitrogen and oxygen atoms in total. The van der Waals surface area contributed by atoms with Gasteiger partial charge >= 0.3 is 0 Å². The van der Waals surface area contributed by atoms with E-state index in [1.54, 1.807) is 17.5 Å². The van der Waals surface area contributed by atoms with Gasteiger partial charge in [0.15, 0.2) is 0 Å². The van der Waals surface area contributed by atoms with Gasteiger partial charge in [-0.25, -0.2) is 4.98 Å². The lowest BCUT2D eigenvalue weighted by atomic mass is 9.99. The molecule has 0 spiro atoms. The van der Waals surface area contributed by atoms with Crippen molar-refractivity contribution in [1.82, 2.24) is 14.9 Å². The second kappa shape index (κ2) is 6.81. The molecule has 1 atom stereocenters. The van der Waals surface area contributed by atoms with Crippen molar-refractivity contribution in [2.75, 3.05) is 19.7 Å². The quantitative estimate of drug-likeness (QED) is 0.848. The van der Waals surface area contributed by atoms with Crippen LogP contribution in [0.2, 0.25) is 0 Å². The third kappa shape index (κ3) is 3.77. The minimum absolute atomic E-state index is 0.594. The van der Waals surface area contributed by atoms with Crippen LogP contribution in [0.5, 0.6) is 5.19 Å². The molecule has 0 bridgehead atoms. The average Bonchev–Trinajstić information content (AvgIpc) is 3.00. The van der Waals surface area contributed by atoms with E-state index >= 15 is 0 Å². The molecular weight excluding hydrogens is 270 g/mol. The van der Waals surface area contributed by atoms with Crippen molar-refractivity contribution in [3.63, 3.8) is 0 Å². The zero-order valence-corrected chi connectivity index (χ0v) is 12.3. The topological polar surface area (TPSA) is 38.2 Å². The van der Waals surface area contributed by atoms with Crippen molar-refractivity contribution in [3.05, 3.63) is 41.7 Å². The summed E-state index contributed by atoms with van der Waals surface area (Å²) in [6.45, 7) is 3.95. The van der Waals surface area contributed by atoms with E-state index in [9.17, 15) is 0 Å². The Morgan fingerprint density at radius 3 is 3.10 bits per heavy atom. The molecule has 0 aliphatic carbocycles. The van der Waals surface area contributed by atoms with Crippen LogP contribution in [0.25, 0.3) is 0 Å². The van der Waals surface area contributed by atoms with Gasteiger partial charge in [-0.1, -0.05) is 17.4 Å².